The minimum Gasteiger partial charge on any atom is -0.467 e. The van der Waals surface area contributed by atoms with Gasteiger partial charge in [-0.1, -0.05) is 13.3 Å². The predicted molar refractivity (Wildman–Crippen MR) is 74.5 cm³/mol. The van der Waals surface area contributed by atoms with Crippen molar-refractivity contribution in [3.8, 4) is 5.75 Å². The van der Waals surface area contributed by atoms with Crippen LogP contribution >= 0.6 is 0 Å². The van der Waals surface area contributed by atoms with E-state index in [0.29, 0.717) is 23.3 Å². The van der Waals surface area contributed by atoms with E-state index in [0.717, 1.165) is 11.3 Å². The van der Waals surface area contributed by atoms with Gasteiger partial charge in [0.25, 0.3) is 5.91 Å². The average molecular weight is 308 g/mol. The number of hydrogen-bond donors (Lipinski definition) is 1. The highest BCUT2D eigenvalue weighted by molar-refractivity contribution is 6.04. The lowest BCUT2D eigenvalue weighted by molar-refractivity contribution is -0.128. The molecule has 1 fully saturated rings. The summed E-state index contributed by atoms with van der Waals surface area (Å²) < 4.78 is 24.2. The van der Waals surface area contributed by atoms with Crippen molar-refractivity contribution >= 4 is 11.9 Å². The van der Waals surface area contributed by atoms with Gasteiger partial charge in [-0.2, -0.15) is 0 Å². The van der Waals surface area contributed by atoms with Crippen LogP contribution in [-0.2, 0) is 22.7 Å². The van der Waals surface area contributed by atoms with Gasteiger partial charge in [-0.15, -0.1) is 0 Å². The maximum Gasteiger partial charge on any atom is 0.325 e. The number of hydrogen-bond acceptors (Lipinski definition) is 4. The maximum atomic E-state index is 13.7. The van der Waals surface area contributed by atoms with E-state index in [4.69, 9.17) is 9.47 Å². The second kappa shape index (κ2) is 5.92. The molecule has 1 atom stereocenters. The summed E-state index contributed by atoms with van der Waals surface area (Å²) >= 11 is 0. The van der Waals surface area contributed by atoms with Crippen molar-refractivity contribution < 1.29 is 23.5 Å². The molecule has 2 aliphatic rings. The zero-order chi connectivity index (χ0) is 15.7. The molecule has 0 aliphatic carbocycles. The van der Waals surface area contributed by atoms with Crippen LogP contribution in [0, 0.1) is 5.82 Å². The van der Waals surface area contributed by atoms with Gasteiger partial charge in [0.1, 0.15) is 17.6 Å². The lowest BCUT2D eigenvalue weighted by atomic mass is 10.1. The first-order valence-corrected chi connectivity index (χ1v) is 7.24. The quantitative estimate of drug-likeness (QED) is 0.863. The Morgan fingerprint density at radius 3 is 3.00 bits per heavy atom. The number of fused-ring (bicyclic) bond motifs is 1. The molecule has 2 aliphatic heterocycles. The zero-order valence-corrected chi connectivity index (χ0v) is 12.2. The van der Waals surface area contributed by atoms with Gasteiger partial charge < -0.3 is 14.8 Å². The van der Waals surface area contributed by atoms with Crippen LogP contribution in [0.3, 0.4) is 0 Å². The molecule has 1 N–H and O–H groups in total. The third-order valence-electron chi connectivity index (χ3n) is 3.76. The van der Waals surface area contributed by atoms with E-state index in [1.54, 1.807) is 0 Å². The number of urea groups is 1. The number of ether oxygens (including phenoxy) is 2. The number of nitrogens with one attached hydrogen (secondary N) is 1. The second-order valence-corrected chi connectivity index (χ2v) is 5.38. The average Bonchev–Trinajstić information content (AvgIpc) is 2.75. The molecule has 118 valence electrons. The lowest BCUT2D eigenvalue weighted by Crippen LogP contribution is -2.31. The van der Waals surface area contributed by atoms with E-state index in [1.807, 2.05) is 6.92 Å². The minimum absolute atomic E-state index is 0.00895. The molecule has 1 aromatic carbocycles. The highest BCUT2D eigenvalue weighted by Gasteiger charge is 2.37. The van der Waals surface area contributed by atoms with Crippen molar-refractivity contribution in [1.29, 1.82) is 0 Å². The second-order valence-electron chi connectivity index (χ2n) is 5.38. The molecule has 0 saturated carbocycles. The van der Waals surface area contributed by atoms with Crippen LogP contribution in [0.2, 0.25) is 0 Å². The molecule has 1 aromatic rings. The van der Waals surface area contributed by atoms with Gasteiger partial charge in [0, 0.05) is 11.1 Å². The van der Waals surface area contributed by atoms with Gasteiger partial charge in [0.2, 0.25) is 0 Å². The summed E-state index contributed by atoms with van der Waals surface area (Å²) in [5.41, 5.74) is 1.05. The molecule has 7 heteroatoms. The number of benzene rings is 1. The fourth-order valence-electron chi connectivity index (χ4n) is 2.76. The van der Waals surface area contributed by atoms with Gasteiger partial charge in [0.05, 0.1) is 13.2 Å². The van der Waals surface area contributed by atoms with Gasteiger partial charge in [-0.05, 0) is 18.6 Å². The van der Waals surface area contributed by atoms with Crippen molar-refractivity contribution in [3.63, 3.8) is 0 Å². The van der Waals surface area contributed by atoms with Crippen LogP contribution in [0.25, 0.3) is 0 Å². The molecule has 22 heavy (non-hydrogen) atoms. The highest BCUT2D eigenvalue weighted by atomic mass is 19.1. The first-order valence-electron chi connectivity index (χ1n) is 7.24. The molecule has 0 aromatic heterocycles. The van der Waals surface area contributed by atoms with E-state index in [2.05, 4.69) is 5.32 Å². The van der Waals surface area contributed by atoms with Crippen molar-refractivity contribution in [1.82, 2.24) is 10.2 Å². The number of carbonyl (C=O) groups excluding carboxylic acids is 2. The molecule has 0 spiro atoms. The first-order chi connectivity index (χ1) is 10.6. The third kappa shape index (κ3) is 2.64. The van der Waals surface area contributed by atoms with E-state index in [1.165, 1.54) is 12.1 Å². The molecule has 3 amide bonds. The molecule has 0 bridgehead atoms. The Bertz CT molecular complexity index is 620. The van der Waals surface area contributed by atoms with Crippen LogP contribution in [0.5, 0.6) is 5.75 Å². The lowest BCUT2D eigenvalue weighted by Gasteiger charge is -2.22. The summed E-state index contributed by atoms with van der Waals surface area (Å²) in [5, 5.41) is 2.65. The fraction of sp³-hybridized carbons (Fsp3) is 0.467. The zero-order valence-electron chi connectivity index (χ0n) is 12.2. The van der Waals surface area contributed by atoms with E-state index in [-0.39, 0.29) is 25.9 Å². The van der Waals surface area contributed by atoms with Crippen molar-refractivity contribution in [2.75, 3.05) is 6.79 Å². The third-order valence-corrected chi connectivity index (χ3v) is 3.76. The van der Waals surface area contributed by atoms with Crippen molar-refractivity contribution in [2.24, 2.45) is 0 Å². The Hall–Kier alpha value is -2.15. The number of rotatable bonds is 4. The Labute approximate surface area is 127 Å². The molecular weight excluding hydrogens is 291 g/mol. The normalized spacial score (nSPS) is 20.6. The van der Waals surface area contributed by atoms with Crippen LogP contribution in [0.1, 0.15) is 30.9 Å². The van der Waals surface area contributed by atoms with Crippen LogP contribution < -0.4 is 10.1 Å². The number of amides is 3. The summed E-state index contributed by atoms with van der Waals surface area (Å²) in [5.74, 6) is -0.232. The Balaban J connectivity index is 1.86. The van der Waals surface area contributed by atoms with Crippen molar-refractivity contribution in [3.05, 3.63) is 29.1 Å². The Morgan fingerprint density at radius 2 is 2.23 bits per heavy atom. The molecule has 0 radical (unpaired) electrons. The van der Waals surface area contributed by atoms with Crippen LogP contribution in [0.4, 0.5) is 9.18 Å². The molecule has 1 saturated heterocycles. The summed E-state index contributed by atoms with van der Waals surface area (Å²) in [4.78, 5) is 25.3. The van der Waals surface area contributed by atoms with E-state index < -0.39 is 17.9 Å². The smallest absolute Gasteiger partial charge is 0.325 e. The first kappa shape index (κ1) is 14.8. The van der Waals surface area contributed by atoms with E-state index in [9.17, 15) is 14.0 Å². The SMILES string of the molecule is CCC[C@H]1NC(=O)N(Cc2cc(F)cc3c2OCOC3)C1=O. The molecule has 2 heterocycles. The summed E-state index contributed by atoms with van der Waals surface area (Å²) in [6.45, 7) is 2.26. The van der Waals surface area contributed by atoms with E-state index >= 15 is 0 Å². The number of carbonyl (C=O) groups is 2. The molecule has 3 rings (SSSR count). The molecule has 0 unspecified atom stereocenters. The fourth-order valence-corrected chi connectivity index (χ4v) is 2.76. The summed E-state index contributed by atoms with van der Waals surface area (Å²) in [6.07, 6.45) is 1.38. The maximum absolute atomic E-state index is 13.7. The van der Waals surface area contributed by atoms with Crippen molar-refractivity contribution in [2.45, 2.75) is 39.0 Å². The topological polar surface area (TPSA) is 67.9 Å². The van der Waals surface area contributed by atoms with Crippen LogP contribution in [-0.4, -0.2) is 29.7 Å². The van der Waals surface area contributed by atoms with Gasteiger partial charge in [-0.25, -0.2) is 9.18 Å². The van der Waals surface area contributed by atoms with Crippen LogP contribution in [0.15, 0.2) is 12.1 Å². The standard InChI is InChI=1S/C15H17FN2O4/c1-2-3-12-14(19)18(15(20)17-12)6-9-4-11(16)5-10-7-21-8-22-13(9)10/h4-5,12H,2-3,6-8H2,1H3,(H,17,20)/t12-/m1/s1. The van der Waals surface area contributed by atoms with Gasteiger partial charge in [0.15, 0.2) is 6.79 Å². The van der Waals surface area contributed by atoms with Gasteiger partial charge in [-0.3, -0.25) is 9.69 Å². The molecular formula is C15H17FN2O4. The highest BCUT2D eigenvalue weighted by Crippen LogP contribution is 2.31. The predicted octanol–water partition coefficient (Wildman–Crippen LogP) is 1.91. The Morgan fingerprint density at radius 1 is 1.41 bits per heavy atom. The summed E-state index contributed by atoms with van der Waals surface area (Å²) in [6, 6.07) is 1.68. The number of halogens is 1. The number of imide groups is 1. The Kier molecular flexibility index (Phi) is 3.98. The largest absolute Gasteiger partial charge is 0.467 e. The minimum atomic E-state index is -0.494. The summed E-state index contributed by atoms with van der Waals surface area (Å²) in [7, 11) is 0. The molecule has 6 nitrogen and oxygen atoms in total. The van der Waals surface area contributed by atoms with Gasteiger partial charge >= 0.3 is 6.03 Å². The number of nitrogens with zero attached hydrogens (tertiary/aromatic N) is 1. The monoisotopic (exact) mass is 308 g/mol.